The number of halogens is 3. The van der Waals surface area contributed by atoms with Gasteiger partial charge in [-0.25, -0.2) is 4.98 Å². The molecule has 1 aliphatic heterocycles. The standard InChI is InChI=1S/C25H24F3N7O/c1-14(2)36-22-16(11-29)4-3-15-5-7-19(31-21(15)22)24-33-32-20-8-6-17(12-35(20)24)23(25(26,27)28)34-10-9-18(30)13-34/h3-8,12,14,18,23H,9-10,13,30H2,1-2H3. The second-order valence-corrected chi connectivity index (χ2v) is 9.19. The number of alkyl halides is 3. The van der Waals surface area contributed by atoms with Gasteiger partial charge in [-0.1, -0.05) is 18.2 Å². The maximum atomic E-state index is 14.2. The molecule has 0 bridgehead atoms. The first-order valence-corrected chi connectivity index (χ1v) is 11.6. The first-order valence-electron chi connectivity index (χ1n) is 11.6. The zero-order valence-electron chi connectivity index (χ0n) is 19.7. The molecule has 0 aliphatic carbocycles. The van der Waals surface area contributed by atoms with E-state index in [-0.39, 0.29) is 36.6 Å². The lowest BCUT2D eigenvalue weighted by atomic mass is 10.1. The van der Waals surface area contributed by atoms with Crippen LogP contribution in [0.25, 0.3) is 28.1 Å². The highest BCUT2D eigenvalue weighted by Crippen LogP contribution is 2.39. The molecule has 0 spiro atoms. The fraction of sp³-hybridized carbons (Fsp3) is 0.360. The second-order valence-electron chi connectivity index (χ2n) is 9.19. The Balaban J connectivity index is 1.63. The molecule has 0 amide bonds. The Morgan fingerprint density at radius 2 is 1.92 bits per heavy atom. The van der Waals surface area contributed by atoms with Gasteiger partial charge in [0.1, 0.15) is 23.3 Å². The molecule has 36 heavy (non-hydrogen) atoms. The third-order valence-electron chi connectivity index (χ3n) is 6.19. The fourth-order valence-electron chi connectivity index (χ4n) is 4.63. The Morgan fingerprint density at radius 1 is 1.14 bits per heavy atom. The van der Waals surface area contributed by atoms with E-state index >= 15 is 0 Å². The van der Waals surface area contributed by atoms with Crippen molar-refractivity contribution in [2.45, 2.75) is 44.6 Å². The van der Waals surface area contributed by atoms with Crippen molar-refractivity contribution in [3.63, 3.8) is 0 Å². The number of nitrogens with zero attached hydrogens (tertiary/aromatic N) is 6. The van der Waals surface area contributed by atoms with Gasteiger partial charge in [0, 0.05) is 30.7 Å². The minimum Gasteiger partial charge on any atom is -0.487 e. The predicted octanol–water partition coefficient (Wildman–Crippen LogP) is 4.24. The van der Waals surface area contributed by atoms with Gasteiger partial charge in [0.05, 0.1) is 11.7 Å². The highest BCUT2D eigenvalue weighted by atomic mass is 19.4. The van der Waals surface area contributed by atoms with Gasteiger partial charge in [0.2, 0.25) is 0 Å². The molecule has 1 saturated heterocycles. The van der Waals surface area contributed by atoms with Crippen molar-refractivity contribution in [1.82, 2.24) is 24.5 Å². The summed E-state index contributed by atoms with van der Waals surface area (Å²) in [5.74, 6) is 0.634. The highest BCUT2D eigenvalue weighted by Gasteiger charge is 2.46. The molecular weight excluding hydrogens is 471 g/mol. The SMILES string of the molecule is CC(C)Oc1c(C#N)ccc2ccc(-c3nnc4ccc(C(N5CCC(N)C5)C(F)(F)F)cn34)nc12. The van der Waals surface area contributed by atoms with E-state index in [2.05, 4.69) is 16.3 Å². The van der Waals surface area contributed by atoms with Gasteiger partial charge in [0.25, 0.3) is 0 Å². The summed E-state index contributed by atoms with van der Waals surface area (Å²) in [6, 6.07) is 9.95. The summed E-state index contributed by atoms with van der Waals surface area (Å²) in [6.45, 7) is 4.14. The Bertz CT molecular complexity index is 1470. The summed E-state index contributed by atoms with van der Waals surface area (Å²) in [5, 5.41) is 18.6. The van der Waals surface area contributed by atoms with Crippen LogP contribution in [-0.4, -0.2) is 55.9 Å². The lowest BCUT2D eigenvalue weighted by Crippen LogP contribution is -2.38. The summed E-state index contributed by atoms with van der Waals surface area (Å²) in [7, 11) is 0. The molecule has 5 rings (SSSR count). The van der Waals surface area contributed by atoms with Gasteiger partial charge in [-0.2, -0.15) is 18.4 Å². The number of ether oxygens (including phenoxy) is 1. The Hall–Kier alpha value is -3.75. The number of hydrogen-bond donors (Lipinski definition) is 1. The van der Waals surface area contributed by atoms with E-state index in [1.54, 1.807) is 24.3 Å². The predicted molar refractivity (Wildman–Crippen MR) is 127 cm³/mol. The van der Waals surface area contributed by atoms with Gasteiger partial charge in [-0.05, 0) is 44.0 Å². The van der Waals surface area contributed by atoms with Crippen LogP contribution in [0, 0.1) is 11.3 Å². The third-order valence-corrected chi connectivity index (χ3v) is 6.19. The van der Waals surface area contributed by atoms with Crippen molar-refractivity contribution in [2.24, 2.45) is 5.73 Å². The van der Waals surface area contributed by atoms with Crippen molar-refractivity contribution in [3.05, 3.63) is 53.7 Å². The number of rotatable bonds is 5. The summed E-state index contributed by atoms with van der Waals surface area (Å²) in [6.07, 6.45) is -2.75. The molecule has 2 atom stereocenters. The summed E-state index contributed by atoms with van der Waals surface area (Å²) in [4.78, 5) is 6.06. The van der Waals surface area contributed by atoms with Crippen LogP contribution < -0.4 is 10.5 Å². The summed E-state index contributed by atoms with van der Waals surface area (Å²) >= 11 is 0. The number of likely N-dealkylation sites (tertiary alicyclic amines) is 1. The average Bonchev–Trinajstić information content (AvgIpc) is 3.44. The zero-order valence-corrected chi connectivity index (χ0v) is 19.7. The van der Waals surface area contributed by atoms with Crippen LogP contribution in [0.15, 0.2) is 42.6 Å². The Labute approximate surface area is 205 Å². The fourth-order valence-corrected chi connectivity index (χ4v) is 4.63. The van der Waals surface area contributed by atoms with Crippen LogP contribution in [0.3, 0.4) is 0 Å². The first-order chi connectivity index (χ1) is 17.2. The van der Waals surface area contributed by atoms with E-state index in [1.165, 1.54) is 27.6 Å². The molecule has 4 heterocycles. The van der Waals surface area contributed by atoms with Gasteiger partial charge >= 0.3 is 6.18 Å². The Morgan fingerprint density at radius 3 is 2.58 bits per heavy atom. The maximum Gasteiger partial charge on any atom is 0.408 e. The van der Waals surface area contributed by atoms with Gasteiger partial charge < -0.3 is 10.5 Å². The molecule has 0 saturated carbocycles. The topological polar surface area (TPSA) is 105 Å². The molecule has 1 aromatic carbocycles. The molecule has 8 nitrogen and oxygen atoms in total. The van der Waals surface area contributed by atoms with E-state index in [9.17, 15) is 18.4 Å². The lowest BCUT2D eigenvalue weighted by Gasteiger charge is -2.30. The normalized spacial score (nSPS) is 17.7. The number of nitrogens with two attached hydrogens (primary N) is 1. The van der Waals surface area contributed by atoms with Gasteiger partial charge in [-0.3, -0.25) is 9.30 Å². The quantitative estimate of drug-likeness (QED) is 0.442. The number of benzene rings is 1. The summed E-state index contributed by atoms with van der Waals surface area (Å²) < 4.78 is 49.9. The van der Waals surface area contributed by atoms with Crippen LogP contribution in [0.4, 0.5) is 13.2 Å². The average molecular weight is 496 g/mol. The van der Waals surface area contributed by atoms with Crippen molar-refractivity contribution < 1.29 is 17.9 Å². The number of nitriles is 1. The smallest absolute Gasteiger partial charge is 0.408 e. The first kappa shape index (κ1) is 24.0. The number of hydrogen-bond acceptors (Lipinski definition) is 7. The van der Waals surface area contributed by atoms with E-state index in [0.717, 1.165) is 5.39 Å². The van der Waals surface area contributed by atoms with Crippen molar-refractivity contribution in [2.75, 3.05) is 13.1 Å². The molecule has 2 N–H and O–H groups in total. The van der Waals surface area contributed by atoms with E-state index in [4.69, 9.17) is 15.5 Å². The molecule has 4 aromatic rings. The van der Waals surface area contributed by atoms with E-state index in [0.29, 0.717) is 34.6 Å². The number of aromatic nitrogens is 4. The molecule has 2 unspecified atom stereocenters. The maximum absolute atomic E-state index is 14.2. The molecule has 11 heteroatoms. The number of pyridine rings is 2. The molecule has 1 fully saturated rings. The second kappa shape index (κ2) is 9.04. The monoisotopic (exact) mass is 495 g/mol. The summed E-state index contributed by atoms with van der Waals surface area (Å²) in [5.41, 5.74) is 7.55. The molecular formula is C25H24F3N7O. The van der Waals surface area contributed by atoms with Crippen LogP contribution in [-0.2, 0) is 0 Å². The molecule has 3 aromatic heterocycles. The highest BCUT2D eigenvalue weighted by molar-refractivity contribution is 5.88. The van der Waals surface area contributed by atoms with Gasteiger partial charge in [-0.15, -0.1) is 10.2 Å². The Kier molecular flexibility index (Phi) is 6.02. The number of fused-ring (bicyclic) bond motifs is 2. The zero-order chi connectivity index (χ0) is 25.6. The molecule has 186 valence electrons. The van der Waals surface area contributed by atoms with Crippen molar-refractivity contribution in [1.29, 1.82) is 5.26 Å². The van der Waals surface area contributed by atoms with Crippen LogP contribution >= 0.6 is 0 Å². The third kappa shape index (κ3) is 4.34. The van der Waals surface area contributed by atoms with Crippen LogP contribution in [0.1, 0.15) is 37.4 Å². The van der Waals surface area contributed by atoms with Gasteiger partial charge in [0.15, 0.2) is 17.2 Å². The minimum atomic E-state index is -4.48. The largest absolute Gasteiger partial charge is 0.487 e. The van der Waals surface area contributed by atoms with Crippen molar-refractivity contribution >= 4 is 16.6 Å². The molecule has 1 aliphatic rings. The van der Waals surface area contributed by atoms with Crippen LogP contribution in [0.5, 0.6) is 5.75 Å². The lowest BCUT2D eigenvalue weighted by molar-refractivity contribution is -0.183. The minimum absolute atomic E-state index is 0.0709. The van der Waals surface area contributed by atoms with Crippen molar-refractivity contribution in [3.8, 4) is 23.3 Å². The van der Waals surface area contributed by atoms with E-state index < -0.39 is 12.2 Å². The van der Waals surface area contributed by atoms with Crippen LogP contribution in [0.2, 0.25) is 0 Å². The van der Waals surface area contributed by atoms with E-state index in [1.807, 2.05) is 13.8 Å². The molecule has 0 radical (unpaired) electrons.